The molecule has 1 rings (SSSR count). The molecule has 0 aromatic heterocycles. The molecule has 0 saturated carbocycles. The predicted octanol–water partition coefficient (Wildman–Crippen LogP) is 2.29. The summed E-state index contributed by atoms with van der Waals surface area (Å²) in [4.78, 5) is 10.8. The van der Waals surface area contributed by atoms with Crippen LogP contribution in [-0.2, 0) is 4.79 Å². The summed E-state index contributed by atoms with van der Waals surface area (Å²) in [5, 5.41) is 8.91. The van der Waals surface area contributed by atoms with Crippen molar-refractivity contribution in [3.63, 3.8) is 0 Å². The predicted molar refractivity (Wildman–Crippen MR) is 64.4 cm³/mol. The second-order valence-corrected chi connectivity index (χ2v) is 4.88. The Morgan fingerprint density at radius 1 is 1.38 bits per heavy atom. The Morgan fingerprint density at radius 2 is 1.88 bits per heavy atom. The normalized spacial score (nSPS) is 13.5. The standard InChI is InChI=1S/C13H19NO2/c1-9-4-6-10(7-5-9)11(8-12(15)16)13(2,3)14/h4-7,11H,8,14H2,1-3H3,(H,15,16). The summed E-state index contributed by atoms with van der Waals surface area (Å²) in [5.41, 5.74) is 7.65. The number of hydrogen-bond donors (Lipinski definition) is 2. The number of carboxylic acids is 1. The molecule has 1 aromatic rings. The molecular formula is C13H19NO2. The number of carboxylic acid groups (broad SMARTS) is 1. The van der Waals surface area contributed by atoms with E-state index in [0.29, 0.717) is 0 Å². The maximum Gasteiger partial charge on any atom is 0.304 e. The minimum Gasteiger partial charge on any atom is -0.481 e. The van der Waals surface area contributed by atoms with Gasteiger partial charge in [-0.15, -0.1) is 0 Å². The molecule has 3 nitrogen and oxygen atoms in total. The van der Waals surface area contributed by atoms with Gasteiger partial charge in [0.05, 0.1) is 6.42 Å². The lowest BCUT2D eigenvalue weighted by Crippen LogP contribution is -2.40. The van der Waals surface area contributed by atoms with Crippen molar-refractivity contribution in [3.05, 3.63) is 35.4 Å². The zero-order valence-electron chi connectivity index (χ0n) is 10.0. The lowest BCUT2D eigenvalue weighted by atomic mass is 9.80. The Morgan fingerprint density at radius 3 is 2.25 bits per heavy atom. The lowest BCUT2D eigenvalue weighted by molar-refractivity contribution is -0.137. The van der Waals surface area contributed by atoms with Gasteiger partial charge in [-0.2, -0.15) is 0 Å². The van der Waals surface area contributed by atoms with Crippen molar-refractivity contribution in [1.82, 2.24) is 0 Å². The second kappa shape index (κ2) is 4.66. The van der Waals surface area contributed by atoms with Crippen LogP contribution in [0, 0.1) is 6.92 Å². The lowest BCUT2D eigenvalue weighted by Gasteiger charge is -2.30. The third kappa shape index (κ3) is 3.35. The van der Waals surface area contributed by atoms with E-state index in [4.69, 9.17) is 10.8 Å². The number of rotatable bonds is 4. The maximum absolute atomic E-state index is 10.8. The van der Waals surface area contributed by atoms with Gasteiger partial charge >= 0.3 is 5.97 Å². The van der Waals surface area contributed by atoms with Crippen LogP contribution in [0.1, 0.15) is 37.3 Å². The fourth-order valence-corrected chi connectivity index (χ4v) is 1.78. The average molecular weight is 221 g/mol. The number of hydrogen-bond acceptors (Lipinski definition) is 2. The molecule has 0 radical (unpaired) electrons. The van der Waals surface area contributed by atoms with Gasteiger partial charge in [-0.3, -0.25) is 4.79 Å². The Balaban J connectivity index is 3.01. The summed E-state index contributed by atoms with van der Waals surface area (Å²) in [7, 11) is 0. The van der Waals surface area contributed by atoms with Crippen LogP contribution in [-0.4, -0.2) is 16.6 Å². The van der Waals surface area contributed by atoms with Crippen molar-refractivity contribution in [1.29, 1.82) is 0 Å². The van der Waals surface area contributed by atoms with Crippen LogP contribution in [0.4, 0.5) is 0 Å². The van der Waals surface area contributed by atoms with Crippen molar-refractivity contribution >= 4 is 5.97 Å². The molecule has 88 valence electrons. The summed E-state index contributed by atoms with van der Waals surface area (Å²) in [6.45, 7) is 5.73. The molecule has 0 aliphatic carbocycles. The summed E-state index contributed by atoms with van der Waals surface area (Å²) in [6, 6.07) is 7.88. The van der Waals surface area contributed by atoms with Gasteiger partial charge in [0.1, 0.15) is 0 Å². The first-order chi connectivity index (χ1) is 7.30. The van der Waals surface area contributed by atoms with Gasteiger partial charge in [0.15, 0.2) is 0 Å². The van der Waals surface area contributed by atoms with E-state index in [1.807, 2.05) is 45.0 Å². The van der Waals surface area contributed by atoms with Crippen LogP contribution in [0.5, 0.6) is 0 Å². The molecule has 3 heteroatoms. The highest BCUT2D eigenvalue weighted by Gasteiger charge is 2.28. The highest BCUT2D eigenvalue weighted by molar-refractivity contribution is 5.68. The maximum atomic E-state index is 10.8. The molecule has 0 saturated heterocycles. The minimum atomic E-state index is -0.816. The van der Waals surface area contributed by atoms with Gasteiger partial charge in [-0.1, -0.05) is 29.8 Å². The molecule has 0 spiro atoms. The van der Waals surface area contributed by atoms with Gasteiger partial charge in [0, 0.05) is 11.5 Å². The second-order valence-electron chi connectivity index (χ2n) is 4.88. The molecule has 1 atom stereocenters. The Hall–Kier alpha value is -1.35. The van der Waals surface area contributed by atoms with Crippen molar-refractivity contribution in [2.45, 2.75) is 38.6 Å². The van der Waals surface area contributed by atoms with Gasteiger partial charge in [-0.25, -0.2) is 0 Å². The molecule has 1 unspecified atom stereocenters. The smallest absolute Gasteiger partial charge is 0.304 e. The summed E-state index contributed by atoms with van der Waals surface area (Å²) in [6.07, 6.45) is 0.0621. The molecule has 0 heterocycles. The first-order valence-electron chi connectivity index (χ1n) is 5.38. The molecule has 0 fully saturated rings. The molecule has 0 aliphatic rings. The van der Waals surface area contributed by atoms with Crippen molar-refractivity contribution in [2.24, 2.45) is 5.73 Å². The van der Waals surface area contributed by atoms with Crippen LogP contribution in [0.2, 0.25) is 0 Å². The SMILES string of the molecule is Cc1ccc(C(CC(=O)O)C(C)(C)N)cc1. The van der Waals surface area contributed by atoms with Crippen molar-refractivity contribution in [2.75, 3.05) is 0 Å². The summed E-state index contributed by atoms with van der Waals surface area (Å²) < 4.78 is 0. The third-order valence-corrected chi connectivity index (χ3v) is 2.76. The van der Waals surface area contributed by atoms with E-state index in [0.717, 1.165) is 11.1 Å². The van der Waals surface area contributed by atoms with Crippen LogP contribution < -0.4 is 5.73 Å². The van der Waals surface area contributed by atoms with E-state index < -0.39 is 11.5 Å². The Bertz CT molecular complexity index is 363. The summed E-state index contributed by atoms with van der Waals surface area (Å²) in [5.74, 6) is -0.977. The molecule has 16 heavy (non-hydrogen) atoms. The van der Waals surface area contributed by atoms with Crippen LogP contribution in [0.3, 0.4) is 0 Å². The topological polar surface area (TPSA) is 63.3 Å². The number of aliphatic carboxylic acids is 1. The quantitative estimate of drug-likeness (QED) is 0.820. The van der Waals surface area contributed by atoms with Gasteiger partial charge in [-0.05, 0) is 26.3 Å². The van der Waals surface area contributed by atoms with E-state index in [1.54, 1.807) is 0 Å². The first-order valence-corrected chi connectivity index (χ1v) is 5.38. The zero-order chi connectivity index (χ0) is 12.3. The van der Waals surface area contributed by atoms with Gasteiger partial charge in [0.25, 0.3) is 0 Å². The van der Waals surface area contributed by atoms with Crippen molar-refractivity contribution < 1.29 is 9.90 Å². The monoisotopic (exact) mass is 221 g/mol. The van der Waals surface area contributed by atoms with E-state index >= 15 is 0 Å². The molecular weight excluding hydrogens is 202 g/mol. The van der Waals surface area contributed by atoms with E-state index in [2.05, 4.69) is 0 Å². The number of nitrogens with two attached hydrogens (primary N) is 1. The number of aryl methyl sites for hydroxylation is 1. The highest BCUT2D eigenvalue weighted by Crippen LogP contribution is 2.29. The fraction of sp³-hybridized carbons (Fsp3) is 0.462. The van der Waals surface area contributed by atoms with Crippen LogP contribution in [0.15, 0.2) is 24.3 Å². The van der Waals surface area contributed by atoms with Crippen LogP contribution >= 0.6 is 0 Å². The largest absolute Gasteiger partial charge is 0.481 e. The fourth-order valence-electron chi connectivity index (χ4n) is 1.78. The Kier molecular flexibility index (Phi) is 3.70. The minimum absolute atomic E-state index is 0.0621. The summed E-state index contributed by atoms with van der Waals surface area (Å²) >= 11 is 0. The molecule has 0 aliphatic heterocycles. The van der Waals surface area contributed by atoms with E-state index in [9.17, 15) is 4.79 Å². The van der Waals surface area contributed by atoms with E-state index in [1.165, 1.54) is 0 Å². The van der Waals surface area contributed by atoms with Gasteiger partial charge < -0.3 is 10.8 Å². The van der Waals surface area contributed by atoms with E-state index in [-0.39, 0.29) is 12.3 Å². The number of carbonyl (C=O) groups is 1. The molecule has 1 aromatic carbocycles. The molecule has 3 N–H and O–H groups in total. The average Bonchev–Trinajstić information content (AvgIpc) is 2.14. The zero-order valence-corrected chi connectivity index (χ0v) is 10.0. The Labute approximate surface area is 96.3 Å². The molecule has 0 amide bonds. The van der Waals surface area contributed by atoms with Crippen molar-refractivity contribution in [3.8, 4) is 0 Å². The highest BCUT2D eigenvalue weighted by atomic mass is 16.4. The number of benzene rings is 1. The molecule has 0 bridgehead atoms. The van der Waals surface area contributed by atoms with Crippen LogP contribution in [0.25, 0.3) is 0 Å². The third-order valence-electron chi connectivity index (χ3n) is 2.76. The first kappa shape index (κ1) is 12.7. The van der Waals surface area contributed by atoms with Gasteiger partial charge in [0.2, 0.25) is 0 Å².